The van der Waals surface area contributed by atoms with Crippen molar-refractivity contribution >= 4 is 21.7 Å². The summed E-state index contributed by atoms with van der Waals surface area (Å²) in [5, 5.41) is 6.30. The number of primary amides is 1. The van der Waals surface area contributed by atoms with Gasteiger partial charge in [0.2, 0.25) is 12.1 Å². The molecule has 2 aromatic carbocycles. The maximum atomic E-state index is 14.4. The van der Waals surface area contributed by atoms with Crippen molar-refractivity contribution in [1.29, 1.82) is 0 Å². The molecule has 1 aliphatic rings. The molecule has 3 N–H and O–H groups in total. The number of halogens is 6. The number of carbonyl (C=O) groups excluding carboxylic acids is 2. The number of hydrogen-bond acceptors (Lipinski definition) is 6. The second-order valence-electron chi connectivity index (χ2n) is 11.1. The molecule has 4 aromatic rings. The predicted octanol–water partition coefficient (Wildman–Crippen LogP) is 3.39. The zero-order chi connectivity index (χ0) is 35.0. The van der Waals surface area contributed by atoms with E-state index in [0.717, 1.165) is 22.9 Å². The van der Waals surface area contributed by atoms with E-state index in [1.54, 1.807) is 12.1 Å². The summed E-state index contributed by atoms with van der Waals surface area (Å²) in [4.78, 5) is 31.0. The molecule has 0 bridgehead atoms. The lowest BCUT2D eigenvalue weighted by Gasteiger charge is -2.20. The van der Waals surface area contributed by atoms with E-state index in [-0.39, 0.29) is 41.8 Å². The van der Waals surface area contributed by atoms with E-state index >= 15 is 0 Å². The Morgan fingerprint density at radius 3 is 2.46 bits per heavy atom. The molecule has 0 fully saturated rings. The van der Waals surface area contributed by atoms with E-state index in [2.05, 4.69) is 10.4 Å². The van der Waals surface area contributed by atoms with E-state index in [1.807, 2.05) is 0 Å². The molecule has 0 saturated carbocycles. The number of fused-ring (bicyclic) bond motifs is 1. The number of rotatable bonds is 10. The van der Waals surface area contributed by atoms with Gasteiger partial charge in [0.1, 0.15) is 37.1 Å². The Morgan fingerprint density at radius 1 is 1.10 bits per heavy atom. The number of hydrogen-bond donors (Lipinski definition) is 2. The third-order valence-electron chi connectivity index (χ3n) is 7.79. The molecular weight excluding hydrogens is 668 g/mol. The van der Waals surface area contributed by atoms with Gasteiger partial charge in [-0.25, -0.2) is 21.6 Å². The Bertz CT molecular complexity index is 2000. The minimum atomic E-state index is -4.98. The third kappa shape index (κ3) is 7.45. The van der Waals surface area contributed by atoms with Crippen LogP contribution in [0.15, 0.2) is 54.7 Å². The molecule has 1 aliphatic heterocycles. The molecule has 0 radical (unpaired) electrons. The largest absolute Gasteiger partial charge is 0.435 e. The Balaban J connectivity index is 1.56. The number of benzene rings is 2. The molecule has 0 saturated heterocycles. The summed E-state index contributed by atoms with van der Waals surface area (Å²) in [5.41, 5.74) is 4.00. The summed E-state index contributed by atoms with van der Waals surface area (Å²) in [6.45, 7) is -0.735. The summed E-state index contributed by atoms with van der Waals surface area (Å²) in [6, 6.07) is 8.50. The zero-order valence-electron chi connectivity index (χ0n) is 25.2. The lowest BCUT2D eigenvalue weighted by molar-refractivity contribution is -0.891. The average molecular weight is 697 g/mol. The highest BCUT2D eigenvalue weighted by Gasteiger charge is 2.42. The quantitative estimate of drug-likeness (QED) is 0.193. The van der Waals surface area contributed by atoms with Gasteiger partial charge in [0, 0.05) is 34.5 Å². The van der Waals surface area contributed by atoms with E-state index in [4.69, 9.17) is 10.6 Å². The molecule has 1 atom stereocenters. The lowest BCUT2D eigenvalue weighted by atomic mass is 9.94. The number of aryl methyl sites for hydroxylation is 1. The van der Waals surface area contributed by atoms with E-state index in [9.17, 15) is 44.3 Å². The third-order valence-corrected chi connectivity index (χ3v) is 9.34. The monoisotopic (exact) mass is 696 g/mol. The SMILES string of the molecule is CO[n+]1cccc(-c2ccc(F)c(C(N)=O)c2)c1C(CCc1cc(F)cc(F)c1)NC(=O)Cn1nc(C(F)(F)F)c2c1CCS(=O)(=O)C2. The molecule has 17 heteroatoms. The fourth-order valence-corrected chi connectivity index (χ4v) is 7.11. The summed E-state index contributed by atoms with van der Waals surface area (Å²) >= 11 is 0. The van der Waals surface area contributed by atoms with Crippen molar-refractivity contribution in [1.82, 2.24) is 15.1 Å². The fraction of sp³-hybridized carbons (Fsp3) is 0.290. The Labute approximate surface area is 270 Å². The first-order chi connectivity index (χ1) is 22.6. The van der Waals surface area contributed by atoms with Crippen molar-refractivity contribution in [3.63, 3.8) is 0 Å². The Morgan fingerprint density at radius 2 is 1.81 bits per heavy atom. The summed E-state index contributed by atoms with van der Waals surface area (Å²) in [7, 11) is -2.51. The second kappa shape index (κ2) is 13.3. The number of nitrogens with two attached hydrogens (primary N) is 1. The topological polar surface area (TPSA) is 137 Å². The van der Waals surface area contributed by atoms with Crippen LogP contribution in [-0.2, 0) is 45.9 Å². The number of alkyl halides is 3. The normalized spacial score (nSPS) is 14.6. The molecule has 0 aliphatic carbocycles. The number of sulfone groups is 1. The summed E-state index contributed by atoms with van der Waals surface area (Å²) < 4.78 is 110. The smallest absolute Gasteiger partial charge is 0.366 e. The van der Waals surface area contributed by atoms with Gasteiger partial charge in [-0.3, -0.25) is 19.1 Å². The van der Waals surface area contributed by atoms with Crippen molar-refractivity contribution in [3.8, 4) is 11.1 Å². The molecule has 10 nitrogen and oxygen atoms in total. The lowest BCUT2D eigenvalue weighted by Crippen LogP contribution is -2.49. The van der Waals surface area contributed by atoms with Gasteiger partial charge < -0.3 is 11.1 Å². The first-order valence-corrected chi connectivity index (χ1v) is 16.2. The van der Waals surface area contributed by atoms with Crippen LogP contribution < -0.4 is 20.6 Å². The van der Waals surface area contributed by atoms with Crippen molar-refractivity contribution in [2.75, 3.05) is 12.9 Å². The first-order valence-electron chi connectivity index (χ1n) is 14.4. The van der Waals surface area contributed by atoms with Crippen molar-refractivity contribution in [3.05, 3.63) is 106 Å². The summed E-state index contributed by atoms with van der Waals surface area (Å²) in [6.07, 6.45) is -3.85. The van der Waals surface area contributed by atoms with Gasteiger partial charge in [0.05, 0.1) is 22.6 Å². The van der Waals surface area contributed by atoms with Crippen molar-refractivity contribution in [2.45, 2.75) is 43.8 Å². The van der Waals surface area contributed by atoms with Crippen LogP contribution in [0.5, 0.6) is 0 Å². The fourth-order valence-electron chi connectivity index (χ4n) is 5.72. The molecule has 48 heavy (non-hydrogen) atoms. The van der Waals surface area contributed by atoms with Crippen LogP contribution in [0, 0.1) is 17.5 Å². The Kier molecular flexibility index (Phi) is 9.53. The molecule has 2 aromatic heterocycles. The van der Waals surface area contributed by atoms with Gasteiger partial charge in [-0.2, -0.15) is 18.3 Å². The molecule has 3 heterocycles. The van der Waals surface area contributed by atoms with Crippen LogP contribution in [0.25, 0.3) is 11.1 Å². The number of aromatic nitrogens is 3. The molecule has 1 unspecified atom stereocenters. The minimum absolute atomic E-state index is 0.0130. The number of amides is 2. The van der Waals surface area contributed by atoms with Gasteiger partial charge in [0.25, 0.3) is 11.6 Å². The number of nitrogens with one attached hydrogen (secondary N) is 1. The zero-order valence-corrected chi connectivity index (χ0v) is 26.0. The van der Waals surface area contributed by atoms with Crippen LogP contribution in [0.2, 0.25) is 0 Å². The highest BCUT2D eigenvalue weighted by atomic mass is 32.2. The van der Waals surface area contributed by atoms with Crippen LogP contribution in [-0.4, -0.2) is 42.9 Å². The van der Waals surface area contributed by atoms with E-state index in [1.165, 1.54) is 30.2 Å². The molecule has 5 rings (SSSR count). The highest BCUT2D eigenvalue weighted by Crippen LogP contribution is 2.36. The van der Waals surface area contributed by atoms with Crippen LogP contribution in [0.3, 0.4) is 0 Å². The molecule has 0 spiro atoms. The van der Waals surface area contributed by atoms with Crippen molar-refractivity contribution in [2.24, 2.45) is 5.73 Å². The van der Waals surface area contributed by atoms with Gasteiger partial charge in [-0.1, -0.05) is 6.07 Å². The van der Waals surface area contributed by atoms with Crippen molar-refractivity contribution < 1.29 is 53.9 Å². The van der Waals surface area contributed by atoms with E-state index in [0.29, 0.717) is 11.6 Å². The average Bonchev–Trinajstić information content (AvgIpc) is 3.35. The molecule has 254 valence electrons. The standard InChI is InChI=1S/C31H27F6N5O5S/c1-47-42-9-2-3-21(18-5-6-24(34)22(13-18)30(38)44)28(42)25(7-4-17-11-19(32)14-20(33)12-17)39-27(43)15-41-26-8-10-48(45,46)16-23(26)29(40-41)31(35,36)37/h2-3,5-6,9,11-14,25H,4,7-8,10,15-16H2,1H3,(H2-,38,39,43,44)/p+1. The number of pyridine rings is 1. The van der Waals surface area contributed by atoms with Gasteiger partial charge >= 0.3 is 6.18 Å². The second-order valence-corrected chi connectivity index (χ2v) is 13.3. The highest BCUT2D eigenvalue weighted by molar-refractivity contribution is 7.90. The minimum Gasteiger partial charge on any atom is -0.366 e. The first kappa shape index (κ1) is 34.4. The van der Waals surface area contributed by atoms with Crippen LogP contribution >= 0.6 is 0 Å². The van der Waals surface area contributed by atoms with Gasteiger partial charge in [-0.15, -0.1) is 0 Å². The van der Waals surface area contributed by atoms with E-state index < -0.39 is 86.2 Å². The van der Waals surface area contributed by atoms with Gasteiger partial charge in [-0.05, 0) is 54.3 Å². The van der Waals surface area contributed by atoms with Gasteiger partial charge in [0.15, 0.2) is 15.5 Å². The maximum Gasteiger partial charge on any atom is 0.435 e. The molecule has 2 amide bonds. The Hall–Kier alpha value is -4.93. The molecular formula is C31H28F6N5O5S+. The van der Waals surface area contributed by atoms with Crippen LogP contribution in [0.4, 0.5) is 26.3 Å². The predicted molar refractivity (Wildman–Crippen MR) is 157 cm³/mol. The number of carbonyl (C=O) groups is 2. The number of nitrogens with zero attached hydrogens (tertiary/aromatic N) is 3. The maximum absolute atomic E-state index is 14.4. The summed E-state index contributed by atoms with van der Waals surface area (Å²) in [5.74, 6) is -5.75. The van der Waals surface area contributed by atoms with Crippen LogP contribution in [0.1, 0.15) is 51.0 Å².